The van der Waals surface area contributed by atoms with Crippen LogP contribution < -0.4 is 9.47 Å². The molecule has 0 bridgehead atoms. The first-order valence-corrected chi connectivity index (χ1v) is 11.7. The molecule has 1 aromatic carbocycles. The predicted octanol–water partition coefficient (Wildman–Crippen LogP) is 2.89. The Labute approximate surface area is 186 Å². The number of carbonyl (C=O) groups excluding carboxylic acids is 2. The molecule has 0 N–H and O–H groups in total. The number of rotatable bonds is 8. The van der Waals surface area contributed by atoms with Gasteiger partial charge in [-0.2, -0.15) is 0 Å². The van der Waals surface area contributed by atoms with Crippen LogP contribution in [0.4, 0.5) is 0 Å². The third kappa shape index (κ3) is 6.60. The lowest BCUT2D eigenvalue weighted by atomic mass is 10.1. The molecule has 2 saturated heterocycles. The van der Waals surface area contributed by atoms with Gasteiger partial charge in [0.15, 0.2) is 18.1 Å². The highest BCUT2D eigenvalue weighted by Gasteiger charge is 2.24. The Morgan fingerprint density at radius 2 is 1.61 bits per heavy atom. The fourth-order valence-corrected chi connectivity index (χ4v) is 4.24. The maximum atomic E-state index is 13.0. The second-order valence-corrected chi connectivity index (χ2v) is 8.81. The van der Waals surface area contributed by atoms with Crippen molar-refractivity contribution < 1.29 is 19.1 Å². The predicted molar refractivity (Wildman–Crippen MR) is 121 cm³/mol. The second-order valence-electron chi connectivity index (χ2n) is 8.81. The summed E-state index contributed by atoms with van der Waals surface area (Å²) in [6.07, 6.45) is 3.29. The minimum Gasteiger partial charge on any atom is -0.490 e. The molecule has 7 nitrogen and oxygen atoms in total. The Morgan fingerprint density at radius 1 is 0.903 bits per heavy atom. The number of piperidine rings is 1. The van der Waals surface area contributed by atoms with Crippen LogP contribution in [0.3, 0.4) is 0 Å². The largest absolute Gasteiger partial charge is 0.490 e. The van der Waals surface area contributed by atoms with E-state index < -0.39 is 0 Å². The quantitative estimate of drug-likeness (QED) is 0.633. The van der Waals surface area contributed by atoms with Crippen molar-refractivity contribution in [2.75, 3.05) is 59.0 Å². The summed E-state index contributed by atoms with van der Waals surface area (Å²) < 4.78 is 11.5. The average Bonchev–Trinajstić information content (AvgIpc) is 2.78. The molecule has 0 radical (unpaired) electrons. The number of likely N-dealkylation sites (tertiary alicyclic amines) is 1. The summed E-state index contributed by atoms with van der Waals surface area (Å²) in [4.78, 5) is 31.6. The number of amides is 2. The van der Waals surface area contributed by atoms with E-state index in [0.717, 1.165) is 58.7 Å². The van der Waals surface area contributed by atoms with Gasteiger partial charge in [0.2, 0.25) is 0 Å². The maximum absolute atomic E-state index is 13.0. The molecule has 2 aliphatic heterocycles. The number of nitrogens with zero attached hydrogens (tertiary/aromatic N) is 3. The van der Waals surface area contributed by atoms with Crippen molar-refractivity contribution in [1.29, 1.82) is 0 Å². The molecule has 0 aliphatic carbocycles. The topological polar surface area (TPSA) is 62.3 Å². The van der Waals surface area contributed by atoms with Crippen LogP contribution in [0.1, 0.15) is 50.4 Å². The van der Waals surface area contributed by atoms with E-state index in [1.54, 1.807) is 18.2 Å². The van der Waals surface area contributed by atoms with Crippen LogP contribution >= 0.6 is 0 Å². The Balaban J connectivity index is 1.60. The second kappa shape index (κ2) is 11.4. The van der Waals surface area contributed by atoms with Gasteiger partial charge in [0.25, 0.3) is 11.8 Å². The van der Waals surface area contributed by atoms with Gasteiger partial charge in [-0.25, -0.2) is 0 Å². The Hall–Kier alpha value is -2.28. The van der Waals surface area contributed by atoms with Gasteiger partial charge in [0.05, 0.1) is 6.61 Å². The number of carbonyl (C=O) groups is 2. The number of piperazine rings is 1. The zero-order chi connectivity index (χ0) is 22.2. The summed E-state index contributed by atoms with van der Waals surface area (Å²) in [5.74, 6) is 1.66. The monoisotopic (exact) mass is 431 g/mol. The van der Waals surface area contributed by atoms with Crippen LogP contribution in [0.5, 0.6) is 11.5 Å². The summed E-state index contributed by atoms with van der Waals surface area (Å²) in [5, 5.41) is 0. The fraction of sp³-hybridized carbons (Fsp3) is 0.667. The lowest BCUT2D eigenvalue weighted by Crippen LogP contribution is -2.49. The SMILES string of the molecule is CCOc1cc(C(=O)N2CCN(CC(C)C)CC2)ccc1OCC(=O)N1CCCCC1. The van der Waals surface area contributed by atoms with Gasteiger partial charge < -0.3 is 19.3 Å². The lowest BCUT2D eigenvalue weighted by Gasteiger charge is -2.35. The molecule has 0 unspecified atom stereocenters. The van der Waals surface area contributed by atoms with Crippen LogP contribution in [0, 0.1) is 5.92 Å². The average molecular weight is 432 g/mol. The van der Waals surface area contributed by atoms with E-state index in [-0.39, 0.29) is 18.4 Å². The lowest BCUT2D eigenvalue weighted by molar-refractivity contribution is -0.134. The van der Waals surface area contributed by atoms with E-state index in [2.05, 4.69) is 18.7 Å². The zero-order valence-electron chi connectivity index (χ0n) is 19.3. The highest BCUT2D eigenvalue weighted by molar-refractivity contribution is 5.95. The fourth-order valence-electron chi connectivity index (χ4n) is 4.24. The van der Waals surface area contributed by atoms with E-state index in [0.29, 0.717) is 29.6 Å². The van der Waals surface area contributed by atoms with Crippen LogP contribution in [0.25, 0.3) is 0 Å². The number of benzene rings is 1. The maximum Gasteiger partial charge on any atom is 0.260 e. The van der Waals surface area contributed by atoms with Gasteiger partial charge in [-0.05, 0) is 50.3 Å². The van der Waals surface area contributed by atoms with E-state index >= 15 is 0 Å². The molecule has 3 rings (SSSR count). The highest BCUT2D eigenvalue weighted by Crippen LogP contribution is 2.29. The highest BCUT2D eigenvalue weighted by atomic mass is 16.5. The molecule has 0 spiro atoms. The van der Waals surface area contributed by atoms with Crippen molar-refractivity contribution in [3.63, 3.8) is 0 Å². The van der Waals surface area contributed by atoms with Crippen molar-refractivity contribution in [2.45, 2.75) is 40.0 Å². The standard InChI is InChI=1S/C24H37N3O4/c1-4-30-22-16-20(24(29)27-14-12-25(13-15-27)17-19(2)3)8-9-21(22)31-18-23(28)26-10-6-5-7-11-26/h8-9,16,19H,4-7,10-15,17-18H2,1-3H3. The van der Waals surface area contributed by atoms with Gasteiger partial charge in [0.1, 0.15) is 0 Å². The van der Waals surface area contributed by atoms with Crippen LogP contribution in [0.2, 0.25) is 0 Å². The summed E-state index contributed by atoms with van der Waals surface area (Å²) in [6.45, 7) is 12.7. The van der Waals surface area contributed by atoms with Gasteiger partial charge >= 0.3 is 0 Å². The summed E-state index contributed by atoms with van der Waals surface area (Å²) in [7, 11) is 0. The molecule has 0 aromatic heterocycles. The van der Waals surface area contributed by atoms with E-state index in [4.69, 9.17) is 9.47 Å². The van der Waals surface area contributed by atoms with Crippen LogP contribution in [-0.2, 0) is 4.79 Å². The molecule has 2 heterocycles. The Bertz CT molecular complexity index is 738. The van der Waals surface area contributed by atoms with Gasteiger partial charge in [-0.15, -0.1) is 0 Å². The normalized spacial score (nSPS) is 17.7. The minimum atomic E-state index is -0.00875. The first kappa shape index (κ1) is 23.4. The molecule has 7 heteroatoms. The van der Waals surface area contributed by atoms with Crippen molar-refractivity contribution in [1.82, 2.24) is 14.7 Å². The first-order chi connectivity index (χ1) is 15.0. The zero-order valence-corrected chi connectivity index (χ0v) is 19.3. The molecule has 0 atom stereocenters. The third-order valence-electron chi connectivity index (χ3n) is 5.83. The molecular weight excluding hydrogens is 394 g/mol. The smallest absolute Gasteiger partial charge is 0.260 e. The van der Waals surface area contributed by atoms with E-state index in [1.807, 2.05) is 16.7 Å². The molecule has 2 amide bonds. The molecule has 2 fully saturated rings. The molecule has 172 valence electrons. The van der Waals surface area contributed by atoms with Gasteiger partial charge in [0, 0.05) is 51.4 Å². The molecule has 2 aliphatic rings. The number of ether oxygens (including phenoxy) is 2. The summed E-state index contributed by atoms with van der Waals surface area (Å²) in [6, 6.07) is 5.26. The Kier molecular flexibility index (Phi) is 8.58. The van der Waals surface area contributed by atoms with Crippen molar-refractivity contribution in [3.8, 4) is 11.5 Å². The van der Waals surface area contributed by atoms with Crippen molar-refractivity contribution >= 4 is 11.8 Å². The summed E-state index contributed by atoms with van der Waals surface area (Å²) in [5.41, 5.74) is 0.593. The van der Waals surface area contributed by atoms with E-state index in [9.17, 15) is 9.59 Å². The number of hydrogen-bond acceptors (Lipinski definition) is 5. The molecule has 1 aromatic rings. The van der Waals surface area contributed by atoms with Crippen molar-refractivity contribution in [2.24, 2.45) is 5.92 Å². The molecule has 31 heavy (non-hydrogen) atoms. The molecular formula is C24H37N3O4. The Morgan fingerprint density at radius 3 is 2.26 bits per heavy atom. The molecule has 0 saturated carbocycles. The van der Waals surface area contributed by atoms with Crippen LogP contribution in [-0.4, -0.2) is 85.5 Å². The van der Waals surface area contributed by atoms with Crippen molar-refractivity contribution in [3.05, 3.63) is 23.8 Å². The third-order valence-corrected chi connectivity index (χ3v) is 5.83. The van der Waals surface area contributed by atoms with Gasteiger partial charge in [-0.3, -0.25) is 14.5 Å². The number of hydrogen-bond donors (Lipinski definition) is 0. The summed E-state index contributed by atoms with van der Waals surface area (Å²) >= 11 is 0. The minimum absolute atomic E-state index is 0.00145. The van der Waals surface area contributed by atoms with E-state index in [1.165, 1.54) is 6.42 Å². The van der Waals surface area contributed by atoms with Gasteiger partial charge in [-0.1, -0.05) is 13.8 Å². The first-order valence-electron chi connectivity index (χ1n) is 11.7. The van der Waals surface area contributed by atoms with Crippen LogP contribution in [0.15, 0.2) is 18.2 Å².